The molecule has 1 aromatic rings. The maximum Gasteiger partial charge on any atom is 0.122 e. The van der Waals surface area contributed by atoms with E-state index in [-0.39, 0.29) is 0 Å². The number of hydrogen-bond donors (Lipinski definition) is 1. The topological polar surface area (TPSA) is 29.9 Å². The van der Waals surface area contributed by atoms with Crippen LogP contribution in [0.3, 0.4) is 0 Å². The van der Waals surface area contributed by atoms with Gasteiger partial charge in [0.15, 0.2) is 0 Å². The number of nitrogens with one attached hydrogen (secondary N) is 1. The Morgan fingerprint density at radius 1 is 1.60 bits per heavy atom. The monoisotopic (exact) mass is 227 g/mol. The van der Waals surface area contributed by atoms with E-state index < -0.39 is 0 Å². The van der Waals surface area contributed by atoms with Crippen LogP contribution in [0.1, 0.15) is 19.7 Å². The van der Waals surface area contributed by atoms with Gasteiger partial charge in [-0.05, 0) is 31.4 Å². The van der Waals surface area contributed by atoms with Crippen LogP contribution in [-0.4, -0.2) is 28.1 Å². The molecule has 1 atom stereocenters. The lowest BCUT2D eigenvalue weighted by molar-refractivity contribution is 0.536. The molecular formula is C11H21N3S. The fourth-order valence-corrected chi connectivity index (χ4v) is 2.26. The van der Waals surface area contributed by atoms with E-state index in [0.29, 0.717) is 0 Å². The first kappa shape index (κ1) is 12.6. The Hall–Kier alpha value is -0.480. The summed E-state index contributed by atoms with van der Waals surface area (Å²) in [4.78, 5) is 4.33. The van der Waals surface area contributed by atoms with Gasteiger partial charge < -0.3 is 9.88 Å². The summed E-state index contributed by atoms with van der Waals surface area (Å²) in [7, 11) is 0. The predicted molar refractivity (Wildman–Crippen MR) is 67.2 cm³/mol. The highest BCUT2D eigenvalue weighted by molar-refractivity contribution is 7.98. The molecule has 0 spiro atoms. The molecule has 1 unspecified atom stereocenters. The summed E-state index contributed by atoms with van der Waals surface area (Å²) in [6.45, 7) is 7.35. The van der Waals surface area contributed by atoms with Crippen molar-refractivity contribution < 1.29 is 0 Å². The molecule has 0 aliphatic carbocycles. The molecule has 1 rings (SSSR count). The maximum atomic E-state index is 4.33. The Morgan fingerprint density at radius 3 is 3.07 bits per heavy atom. The SMILES string of the molecule is CCn1ccnc1CNCC(C)CSC. The zero-order valence-corrected chi connectivity index (χ0v) is 10.7. The van der Waals surface area contributed by atoms with E-state index in [4.69, 9.17) is 0 Å². The number of hydrogen-bond acceptors (Lipinski definition) is 3. The smallest absolute Gasteiger partial charge is 0.122 e. The van der Waals surface area contributed by atoms with Crippen LogP contribution >= 0.6 is 11.8 Å². The average Bonchev–Trinajstić information content (AvgIpc) is 2.66. The Labute approximate surface area is 96.7 Å². The molecule has 0 radical (unpaired) electrons. The minimum atomic E-state index is 0.727. The summed E-state index contributed by atoms with van der Waals surface area (Å²) in [5.41, 5.74) is 0. The summed E-state index contributed by atoms with van der Waals surface area (Å²) in [6, 6.07) is 0. The lowest BCUT2D eigenvalue weighted by atomic mass is 10.2. The normalized spacial score (nSPS) is 13.0. The second-order valence-electron chi connectivity index (χ2n) is 3.82. The van der Waals surface area contributed by atoms with Gasteiger partial charge in [0, 0.05) is 18.9 Å². The molecule has 86 valence electrons. The molecular weight excluding hydrogens is 206 g/mol. The quantitative estimate of drug-likeness (QED) is 0.772. The van der Waals surface area contributed by atoms with E-state index in [1.807, 2.05) is 24.2 Å². The van der Waals surface area contributed by atoms with Gasteiger partial charge in [-0.25, -0.2) is 4.98 Å². The number of thioether (sulfide) groups is 1. The number of nitrogens with zero attached hydrogens (tertiary/aromatic N) is 2. The van der Waals surface area contributed by atoms with Gasteiger partial charge in [-0.15, -0.1) is 0 Å². The molecule has 3 nitrogen and oxygen atoms in total. The van der Waals surface area contributed by atoms with Crippen LogP contribution in [0.4, 0.5) is 0 Å². The third-order valence-corrected chi connectivity index (χ3v) is 3.27. The van der Waals surface area contributed by atoms with E-state index in [0.717, 1.165) is 31.4 Å². The van der Waals surface area contributed by atoms with Crippen LogP contribution < -0.4 is 5.32 Å². The standard InChI is InChI=1S/C11H21N3S/c1-4-14-6-5-13-11(14)8-12-7-10(2)9-15-3/h5-6,10,12H,4,7-9H2,1-3H3. The number of aromatic nitrogens is 2. The van der Waals surface area contributed by atoms with Crippen molar-refractivity contribution in [3.63, 3.8) is 0 Å². The lowest BCUT2D eigenvalue weighted by Gasteiger charge is -2.11. The molecule has 0 bridgehead atoms. The highest BCUT2D eigenvalue weighted by Gasteiger charge is 2.03. The highest BCUT2D eigenvalue weighted by atomic mass is 32.2. The van der Waals surface area contributed by atoms with Crippen molar-refractivity contribution in [1.29, 1.82) is 0 Å². The van der Waals surface area contributed by atoms with E-state index in [9.17, 15) is 0 Å². The van der Waals surface area contributed by atoms with Crippen molar-refractivity contribution in [3.8, 4) is 0 Å². The first-order valence-electron chi connectivity index (χ1n) is 5.47. The Kier molecular flexibility index (Phi) is 5.79. The van der Waals surface area contributed by atoms with Gasteiger partial charge in [-0.3, -0.25) is 0 Å². The van der Waals surface area contributed by atoms with Crippen LogP contribution in [0.25, 0.3) is 0 Å². The van der Waals surface area contributed by atoms with Crippen molar-refractivity contribution in [1.82, 2.24) is 14.9 Å². The zero-order valence-electron chi connectivity index (χ0n) is 9.86. The van der Waals surface area contributed by atoms with Gasteiger partial charge >= 0.3 is 0 Å². The Bertz CT molecular complexity index is 273. The minimum absolute atomic E-state index is 0.727. The molecule has 0 saturated carbocycles. The summed E-state index contributed by atoms with van der Waals surface area (Å²) < 4.78 is 2.17. The molecule has 1 N–H and O–H groups in total. The van der Waals surface area contributed by atoms with Gasteiger partial charge in [0.2, 0.25) is 0 Å². The molecule has 1 aromatic heterocycles. The summed E-state index contributed by atoms with van der Waals surface area (Å²) in [5.74, 6) is 3.08. The average molecular weight is 227 g/mol. The van der Waals surface area contributed by atoms with E-state index >= 15 is 0 Å². The molecule has 0 amide bonds. The second kappa shape index (κ2) is 6.90. The van der Waals surface area contributed by atoms with Crippen LogP contribution in [0, 0.1) is 5.92 Å². The van der Waals surface area contributed by atoms with Gasteiger partial charge in [0.1, 0.15) is 5.82 Å². The third-order valence-electron chi connectivity index (χ3n) is 2.37. The molecule has 0 aromatic carbocycles. The summed E-state index contributed by atoms with van der Waals surface area (Å²) in [6.07, 6.45) is 6.05. The van der Waals surface area contributed by atoms with E-state index in [1.165, 1.54) is 5.75 Å². The Morgan fingerprint density at radius 2 is 2.40 bits per heavy atom. The van der Waals surface area contributed by atoms with Gasteiger partial charge in [-0.1, -0.05) is 6.92 Å². The van der Waals surface area contributed by atoms with Crippen molar-refractivity contribution >= 4 is 11.8 Å². The van der Waals surface area contributed by atoms with Crippen molar-refractivity contribution in [2.45, 2.75) is 26.9 Å². The van der Waals surface area contributed by atoms with Crippen molar-refractivity contribution in [3.05, 3.63) is 18.2 Å². The number of imidazole rings is 1. The van der Waals surface area contributed by atoms with Crippen molar-refractivity contribution in [2.24, 2.45) is 5.92 Å². The van der Waals surface area contributed by atoms with Crippen LogP contribution in [-0.2, 0) is 13.1 Å². The maximum absolute atomic E-state index is 4.33. The highest BCUT2D eigenvalue weighted by Crippen LogP contribution is 2.03. The zero-order chi connectivity index (χ0) is 11.1. The largest absolute Gasteiger partial charge is 0.334 e. The van der Waals surface area contributed by atoms with Gasteiger partial charge in [0.25, 0.3) is 0 Å². The van der Waals surface area contributed by atoms with Crippen LogP contribution in [0.2, 0.25) is 0 Å². The summed E-state index contributed by atoms with van der Waals surface area (Å²) in [5, 5.41) is 3.45. The molecule has 0 saturated heterocycles. The van der Waals surface area contributed by atoms with Gasteiger partial charge in [-0.2, -0.15) is 11.8 Å². The Balaban J connectivity index is 2.25. The molecule has 0 aliphatic heterocycles. The van der Waals surface area contributed by atoms with Crippen LogP contribution in [0.15, 0.2) is 12.4 Å². The fourth-order valence-electron chi connectivity index (χ4n) is 1.57. The molecule has 4 heteroatoms. The van der Waals surface area contributed by atoms with E-state index in [2.05, 4.69) is 35.0 Å². The minimum Gasteiger partial charge on any atom is -0.334 e. The third kappa shape index (κ3) is 4.26. The lowest BCUT2D eigenvalue weighted by Crippen LogP contribution is -2.23. The number of rotatable bonds is 7. The number of aryl methyl sites for hydroxylation is 1. The first-order valence-corrected chi connectivity index (χ1v) is 6.87. The molecule has 1 heterocycles. The fraction of sp³-hybridized carbons (Fsp3) is 0.727. The predicted octanol–water partition coefficient (Wildman–Crippen LogP) is 1.99. The van der Waals surface area contributed by atoms with Gasteiger partial charge in [0.05, 0.1) is 6.54 Å². The molecule has 15 heavy (non-hydrogen) atoms. The van der Waals surface area contributed by atoms with Crippen LogP contribution in [0.5, 0.6) is 0 Å². The van der Waals surface area contributed by atoms with E-state index in [1.54, 1.807) is 0 Å². The summed E-state index contributed by atoms with van der Waals surface area (Å²) >= 11 is 1.90. The second-order valence-corrected chi connectivity index (χ2v) is 4.73. The van der Waals surface area contributed by atoms with Crippen molar-refractivity contribution in [2.75, 3.05) is 18.6 Å². The first-order chi connectivity index (χ1) is 7.27. The molecule has 0 aliphatic rings. The molecule has 0 fully saturated rings.